The van der Waals surface area contributed by atoms with E-state index in [0.717, 1.165) is 43.9 Å². The predicted molar refractivity (Wildman–Crippen MR) is 147 cm³/mol. The van der Waals surface area contributed by atoms with Crippen molar-refractivity contribution in [3.63, 3.8) is 0 Å². The molecule has 0 fully saturated rings. The SMILES string of the molecule is C=NC1=C(C(=C)NCc2ccc(C)cc2)CN(C(=C)C(C)Cc2ccccc2)CC1CCCC. The van der Waals surface area contributed by atoms with E-state index in [1.807, 2.05) is 0 Å². The Morgan fingerprint density at radius 1 is 1.09 bits per heavy atom. The van der Waals surface area contributed by atoms with E-state index in [1.165, 1.54) is 40.8 Å². The van der Waals surface area contributed by atoms with Crippen LogP contribution < -0.4 is 5.32 Å². The molecular weight excluding hydrogens is 414 g/mol. The maximum atomic E-state index is 4.54. The molecule has 1 N–H and O–H groups in total. The largest absolute Gasteiger partial charge is 0.381 e. The summed E-state index contributed by atoms with van der Waals surface area (Å²) in [6, 6.07) is 19.3. The standard InChI is InChI=1S/C31H41N3/c1-7-8-14-29-21-34(26(5)24(3)19-27-12-10-9-11-13-27)22-30(31(29)32-6)25(4)33-20-28-17-15-23(2)16-18-28/h9-13,15-18,24,29,33H,4-8,14,19-22H2,1-3H3. The van der Waals surface area contributed by atoms with Gasteiger partial charge in [0, 0.05) is 42.5 Å². The first kappa shape index (κ1) is 25.6. The fourth-order valence-electron chi connectivity index (χ4n) is 4.73. The zero-order chi connectivity index (χ0) is 24.5. The molecule has 34 heavy (non-hydrogen) atoms. The van der Waals surface area contributed by atoms with Crippen molar-refractivity contribution in [1.29, 1.82) is 0 Å². The Balaban J connectivity index is 1.77. The van der Waals surface area contributed by atoms with Crippen molar-refractivity contribution in [2.24, 2.45) is 16.8 Å². The van der Waals surface area contributed by atoms with Gasteiger partial charge in [-0.2, -0.15) is 0 Å². The van der Waals surface area contributed by atoms with Gasteiger partial charge < -0.3 is 10.2 Å². The van der Waals surface area contributed by atoms with Crippen LogP contribution in [0.1, 0.15) is 49.8 Å². The van der Waals surface area contributed by atoms with Crippen LogP contribution in [0.3, 0.4) is 0 Å². The molecule has 0 spiro atoms. The summed E-state index contributed by atoms with van der Waals surface area (Å²) in [6.07, 6.45) is 4.46. The number of hydrogen-bond donors (Lipinski definition) is 1. The van der Waals surface area contributed by atoms with E-state index in [0.29, 0.717) is 11.8 Å². The Kier molecular flexibility index (Phi) is 9.33. The summed E-state index contributed by atoms with van der Waals surface area (Å²) in [5.41, 5.74) is 8.28. The van der Waals surface area contributed by atoms with Gasteiger partial charge >= 0.3 is 0 Å². The van der Waals surface area contributed by atoms with E-state index >= 15 is 0 Å². The molecule has 3 rings (SSSR count). The molecule has 2 unspecified atom stereocenters. The molecule has 1 aliphatic heterocycles. The molecule has 2 aromatic carbocycles. The maximum Gasteiger partial charge on any atom is 0.0515 e. The molecule has 2 aromatic rings. The summed E-state index contributed by atoms with van der Waals surface area (Å²) in [4.78, 5) is 6.98. The molecule has 0 bridgehead atoms. The summed E-state index contributed by atoms with van der Waals surface area (Å²) in [7, 11) is 0. The highest BCUT2D eigenvalue weighted by Gasteiger charge is 2.30. The Morgan fingerprint density at radius 3 is 2.44 bits per heavy atom. The van der Waals surface area contributed by atoms with E-state index in [4.69, 9.17) is 0 Å². The summed E-state index contributed by atoms with van der Waals surface area (Å²) in [5.74, 6) is 0.710. The number of unbranched alkanes of at least 4 members (excludes halogenated alkanes) is 1. The van der Waals surface area contributed by atoms with E-state index < -0.39 is 0 Å². The molecule has 1 aliphatic rings. The molecular formula is C31H41N3. The van der Waals surface area contributed by atoms with Crippen molar-refractivity contribution in [2.75, 3.05) is 13.1 Å². The summed E-state index contributed by atoms with van der Waals surface area (Å²) < 4.78 is 0. The molecule has 180 valence electrons. The van der Waals surface area contributed by atoms with Crippen LogP contribution in [0.15, 0.2) is 95.4 Å². The van der Waals surface area contributed by atoms with Crippen molar-refractivity contribution in [1.82, 2.24) is 10.2 Å². The van der Waals surface area contributed by atoms with E-state index in [2.05, 4.69) is 110 Å². The lowest BCUT2D eigenvalue weighted by atomic mass is 9.88. The van der Waals surface area contributed by atoms with Crippen LogP contribution in [-0.2, 0) is 13.0 Å². The second kappa shape index (κ2) is 12.4. The fourth-order valence-corrected chi connectivity index (χ4v) is 4.73. The maximum absolute atomic E-state index is 4.54. The van der Waals surface area contributed by atoms with Crippen LogP contribution in [0.25, 0.3) is 0 Å². The highest BCUT2D eigenvalue weighted by atomic mass is 15.2. The topological polar surface area (TPSA) is 27.6 Å². The van der Waals surface area contributed by atoms with Gasteiger partial charge in [0.15, 0.2) is 0 Å². The average molecular weight is 456 g/mol. The zero-order valence-electron chi connectivity index (χ0n) is 21.3. The number of allylic oxidation sites excluding steroid dienone is 1. The molecule has 0 amide bonds. The van der Waals surface area contributed by atoms with E-state index in [-0.39, 0.29) is 0 Å². The molecule has 1 heterocycles. The molecule has 0 saturated heterocycles. The number of aliphatic imine (C=N–C) groups is 1. The highest BCUT2D eigenvalue weighted by Crippen LogP contribution is 2.34. The molecule has 2 atom stereocenters. The number of nitrogens with zero attached hydrogens (tertiary/aromatic N) is 2. The van der Waals surface area contributed by atoms with Crippen LogP contribution in [0.4, 0.5) is 0 Å². The Morgan fingerprint density at radius 2 is 1.79 bits per heavy atom. The molecule has 0 aliphatic carbocycles. The normalized spacial score (nSPS) is 16.8. The Labute approximate surface area is 207 Å². The number of nitrogens with one attached hydrogen (secondary N) is 1. The first-order valence-corrected chi connectivity index (χ1v) is 12.6. The van der Waals surface area contributed by atoms with Crippen LogP contribution in [-0.4, -0.2) is 24.7 Å². The van der Waals surface area contributed by atoms with Gasteiger partial charge in [0.25, 0.3) is 0 Å². The lowest BCUT2D eigenvalue weighted by Crippen LogP contribution is -2.39. The minimum absolute atomic E-state index is 0.347. The van der Waals surface area contributed by atoms with Crippen molar-refractivity contribution >= 4 is 6.72 Å². The third kappa shape index (κ3) is 6.72. The minimum atomic E-state index is 0.347. The lowest BCUT2D eigenvalue weighted by Gasteiger charge is -2.40. The van der Waals surface area contributed by atoms with Gasteiger partial charge in [-0.1, -0.05) is 100 Å². The third-order valence-corrected chi connectivity index (χ3v) is 6.91. The Hall–Kier alpha value is -3.07. The van der Waals surface area contributed by atoms with Crippen molar-refractivity contribution in [3.05, 3.63) is 107 Å². The lowest BCUT2D eigenvalue weighted by molar-refractivity contribution is 0.263. The van der Waals surface area contributed by atoms with Crippen molar-refractivity contribution < 1.29 is 0 Å². The number of aryl methyl sites for hydroxylation is 1. The monoisotopic (exact) mass is 455 g/mol. The van der Waals surface area contributed by atoms with Crippen molar-refractivity contribution in [2.45, 2.75) is 53.0 Å². The number of rotatable bonds is 12. The van der Waals surface area contributed by atoms with Crippen LogP contribution in [0, 0.1) is 18.8 Å². The first-order chi connectivity index (χ1) is 16.4. The first-order valence-electron chi connectivity index (χ1n) is 12.6. The number of hydrogen-bond acceptors (Lipinski definition) is 3. The van der Waals surface area contributed by atoms with E-state index in [9.17, 15) is 0 Å². The van der Waals surface area contributed by atoms with Gasteiger partial charge in [-0.15, -0.1) is 0 Å². The van der Waals surface area contributed by atoms with Gasteiger partial charge in [-0.25, -0.2) is 0 Å². The summed E-state index contributed by atoms with van der Waals surface area (Å²) in [5, 5.41) is 3.56. The smallest absolute Gasteiger partial charge is 0.0515 e. The summed E-state index contributed by atoms with van der Waals surface area (Å²) >= 11 is 0. The summed E-state index contributed by atoms with van der Waals surface area (Å²) in [6.45, 7) is 22.0. The van der Waals surface area contributed by atoms with Crippen LogP contribution in [0.2, 0.25) is 0 Å². The van der Waals surface area contributed by atoms with Gasteiger partial charge in [-0.05, 0) is 43.5 Å². The van der Waals surface area contributed by atoms with Crippen LogP contribution in [0.5, 0.6) is 0 Å². The predicted octanol–water partition coefficient (Wildman–Crippen LogP) is 7.07. The van der Waals surface area contributed by atoms with Gasteiger partial charge in [0.2, 0.25) is 0 Å². The minimum Gasteiger partial charge on any atom is -0.381 e. The van der Waals surface area contributed by atoms with Gasteiger partial charge in [0.05, 0.1) is 5.70 Å². The Bertz CT molecular complexity index is 1000. The molecule has 0 radical (unpaired) electrons. The molecule has 3 heteroatoms. The van der Waals surface area contributed by atoms with Gasteiger partial charge in [-0.3, -0.25) is 4.99 Å². The molecule has 0 aromatic heterocycles. The highest BCUT2D eigenvalue weighted by molar-refractivity contribution is 5.42. The second-order valence-electron chi connectivity index (χ2n) is 9.64. The zero-order valence-corrected chi connectivity index (χ0v) is 21.3. The number of benzene rings is 2. The average Bonchev–Trinajstić information content (AvgIpc) is 2.86. The fraction of sp³-hybridized carbons (Fsp3) is 0.387. The molecule has 3 nitrogen and oxygen atoms in total. The molecule has 0 saturated carbocycles. The van der Waals surface area contributed by atoms with Gasteiger partial charge in [0.1, 0.15) is 0 Å². The van der Waals surface area contributed by atoms with Crippen LogP contribution >= 0.6 is 0 Å². The van der Waals surface area contributed by atoms with Crippen molar-refractivity contribution in [3.8, 4) is 0 Å². The quantitative estimate of drug-likeness (QED) is 0.347. The second-order valence-corrected chi connectivity index (χ2v) is 9.64. The third-order valence-electron chi connectivity index (χ3n) is 6.91. The van der Waals surface area contributed by atoms with E-state index in [1.54, 1.807) is 0 Å².